The van der Waals surface area contributed by atoms with Gasteiger partial charge in [0.15, 0.2) is 10.8 Å². The highest BCUT2D eigenvalue weighted by Crippen LogP contribution is 2.34. The second-order valence-electron chi connectivity index (χ2n) is 3.69. The number of thiazole rings is 1. The van der Waals surface area contributed by atoms with Crippen molar-refractivity contribution in [3.05, 3.63) is 0 Å². The van der Waals surface area contributed by atoms with Crippen LogP contribution in [0.5, 0.6) is 11.9 Å². The third-order valence-corrected chi connectivity index (χ3v) is 3.69. The first-order valence-corrected chi connectivity index (χ1v) is 5.87. The summed E-state index contributed by atoms with van der Waals surface area (Å²) in [6.07, 6.45) is 2.33. The Bertz CT molecular complexity index is 536. The molecule has 2 aromatic heterocycles. The molecule has 3 heterocycles. The normalized spacial score (nSPS) is 16.1. The number of rotatable bonds is 1. The van der Waals surface area contributed by atoms with E-state index in [-0.39, 0.29) is 5.88 Å². The van der Waals surface area contributed by atoms with Gasteiger partial charge in [-0.2, -0.15) is 15.0 Å². The lowest BCUT2D eigenvalue weighted by Gasteiger charge is -2.11. The van der Waals surface area contributed by atoms with Crippen LogP contribution in [0.4, 0.5) is 5.13 Å². The molecule has 0 bridgehead atoms. The monoisotopic (exact) mass is 238 g/mol. The van der Waals surface area contributed by atoms with Gasteiger partial charge in [-0.15, -0.1) is 0 Å². The van der Waals surface area contributed by atoms with Crippen LogP contribution in [-0.2, 0) is 0 Å². The Morgan fingerprint density at radius 2 is 1.81 bits per heavy atom. The molecule has 0 aromatic carbocycles. The first kappa shape index (κ1) is 9.59. The van der Waals surface area contributed by atoms with Crippen LogP contribution in [0.15, 0.2) is 0 Å². The van der Waals surface area contributed by atoms with Crippen LogP contribution in [0.3, 0.4) is 0 Å². The minimum absolute atomic E-state index is 0.203. The van der Waals surface area contributed by atoms with Crippen molar-refractivity contribution in [2.24, 2.45) is 0 Å². The predicted octanol–water partition coefficient (Wildman–Crippen LogP) is 1.10. The number of hydrogen-bond donors (Lipinski definition) is 2. The van der Waals surface area contributed by atoms with E-state index < -0.39 is 6.01 Å². The topological polar surface area (TPSA) is 82.4 Å². The third-order valence-electron chi connectivity index (χ3n) is 2.59. The van der Waals surface area contributed by atoms with E-state index in [9.17, 15) is 5.11 Å². The fourth-order valence-electron chi connectivity index (χ4n) is 1.83. The van der Waals surface area contributed by atoms with Crippen LogP contribution in [-0.4, -0.2) is 38.3 Å². The van der Waals surface area contributed by atoms with E-state index in [1.54, 1.807) is 0 Å². The van der Waals surface area contributed by atoms with E-state index in [0.29, 0.717) is 10.3 Å². The zero-order chi connectivity index (χ0) is 11.1. The number of nitrogens with zero attached hydrogens (tertiary/aromatic N) is 4. The van der Waals surface area contributed by atoms with Crippen LogP contribution >= 0.6 is 11.3 Å². The van der Waals surface area contributed by atoms with E-state index in [0.717, 1.165) is 18.2 Å². The van der Waals surface area contributed by atoms with Crippen molar-refractivity contribution < 1.29 is 10.2 Å². The molecule has 0 aliphatic carbocycles. The smallest absolute Gasteiger partial charge is 0.319 e. The van der Waals surface area contributed by atoms with Gasteiger partial charge in [-0.1, -0.05) is 11.3 Å². The molecule has 2 aromatic rings. The van der Waals surface area contributed by atoms with E-state index in [1.165, 1.54) is 24.2 Å². The maximum absolute atomic E-state index is 9.55. The van der Waals surface area contributed by atoms with Crippen LogP contribution in [0.25, 0.3) is 10.3 Å². The van der Waals surface area contributed by atoms with E-state index in [2.05, 4.69) is 19.9 Å². The van der Waals surface area contributed by atoms with Gasteiger partial charge in [-0.05, 0) is 12.8 Å². The average Bonchev–Trinajstić information content (AvgIpc) is 2.82. The molecular weight excluding hydrogens is 228 g/mol. The Balaban J connectivity index is 2.11. The molecule has 84 valence electrons. The van der Waals surface area contributed by atoms with Gasteiger partial charge in [0.25, 0.3) is 0 Å². The Morgan fingerprint density at radius 3 is 2.56 bits per heavy atom. The minimum atomic E-state index is -0.441. The van der Waals surface area contributed by atoms with E-state index in [4.69, 9.17) is 5.11 Å². The summed E-state index contributed by atoms with van der Waals surface area (Å²) in [4.78, 5) is 13.7. The lowest BCUT2D eigenvalue weighted by molar-refractivity contribution is 0.403. The van der Waals surface area contributed by atoms with Crippen molar-refractivity contribution in [2.45, 2.75) is 12.8 Å². The highest BCUT2D eigenvalue weighted by Gasteiger charge is 2.19. The fourth-order valence-corrected chi connectivity index (χ4v) is 2.78. The highest BCUT2D eigenvalue weighted by atomic mass is 32.1. The number of anilines is 1. The number of hydrogen-bond acceptors (Lipinski definition) is 7. The molecule has 7 heteroatoms. The Kier molecular flexibility index (Phi) is 2.06. The Morgan fingerprint density at radius 1 is 1.06 bits per heavy atom. The van der Waals surface area contributed by atoms with Gasteiger partial charge in [-0.3, -0.25) is 0 Å². The second-order valence-corrected chi connectivity index (χ2v) is 4.67. The molecule has 3 rings (SSSR count). The molecule has 1 aliphatic heterocycles. The molecule has 0 atom stereocenters. The number of aromatic hydroxyl groups is 2. The third kappa shape index (κ3) is 1.44. The average molecular weight is 238 g/mol. The van der Waals surface area contributed by atoms with Crippen molar-refractivity contribution in [1.29, 1.82) is 0 Å². The molecule has 1 fully saturated rings. The molecule has 1 aliphatic rings. The molecule has 0 saturated carbocycles. The molecule has 2 N–H and O–H groups in total. The lowest BCUT2D eigenvalue weighted by atomic mass is 10.4. The summed E-state index contributed by atoms with van der Waals surface area (Å²) in [5.74, 6) is -0.203. The van der Waals surface area contributed by atoms with Gasteiger partial charge in [0, 0.05) is 13.1 Å². The van der Waals surface area contributed by atoms with Gasteiger partial charge in [0.1, 0.15) is 4.70 Å². The summed E-state index contributed by atoms with van der Waals surface area (Å²) in [5.41, 5.74) is 0.358. The first-order valence-electron chi connectivity index (χ1n) is 5.05. The van der Waals surface area contributed by atoms with Crippen molar-refractivity contribution in [3.8, 4) is 11.9 Å². The highest BCUT2D eigenvalue weighted by molar-refractivity contribution is 7.22. The molecule has 0 radical (unpaired) electrons. The molecule has 0 unspecified atom stereocenters. The molecule has 0 amide bonds. The van der Waals surface area contributed by atoms with Gasteiger partial charge in [0.2, 0.25) is 5.88 Å². The zero-order valence-corrected chi connectivity index (χ0v) is 9.24. The van der Waals surface area contributed by atoms with Gasteiger partial charge in [0.05, 0.1) is 0 Å². The summed E-state index contributed by atoms with van der Waals surface area (Å²) >= 11 is 1.36. The SMILES string of the molecule is Oc1nc(O)c2sc(N3CCCC3)nc2n1. The Hall–Kier alpha value is -1.63. The van der Waals surface area contributed by atoms with Crippen molar-refractivity contribution in [1.82, 2.24) is 15.0 Å². The van der Waals surface area contributed by atoms with Gasteiger partial charge in [-0.25, -0.2) is 0 Å². The molecule has 6 nitrogen and oxygen atoms in total. The maximum Gasteiger partial charge on any atom is 0.319 e. The zero-order valence-electron chi connectivity index (χ0n) is 8.42. The fraction of sp³-hybridized carbons (Fsp3) is 0.444. The van der Waals surface area contributed by atoms with Crippen molar-refractivity contribution in [3.63, 3.8) is 0 Å². The van der Waals surface area contributed by atoms with Crippen LogP contribution in [0.2, 0.25) is 0 Å². The standard InChI is InChI=1S/C9H10N4O2S/c14-7-5-6(10-8(15)12-7)11-9(16-5)13-3-1-2-4-13/h1-4H2,(H2,10,12,14,15). The van der Waals surface area contributed by atoms with Crippen molar-refractivity contribution in [2.75, 3.05) is 18.0 Å². The maximum atomic E-state index is 9.55. The Labute approximate surface area is 95.2 Å². The van der Waals surface area contributed by atoms with Gasteiger partial charge < -0.3 is 15.1 Å². The van der Waals surface area contributed by atoms with Crippen LogP contribution in [0, 0.1) is 0 Å². The van der Waals surface area contributed by atoms with Gasteiger partial charge >= 0.3 is 6.01 Å². The molecule has 1 saturated heterocycles. The summed E-state index contributed by atoms with van der Waals surface area (Å²) in [7, 11) is 0. The largest absolute Gasteiger partial charge is 0.492 e. The summed E-state index contributed by atoms with van der Waals surface area (Å²) in [6.45, 7) is 1.97. The number of fused-ring (bicyclic) bond motifs is 1. The van der Waals surface area contributed by atoms with Crippen LogP contribution < -0.4 is 4.90 Å². The van der Waals surface area contributed by atoms with Crippen LogP contribution in [0.1, 0.15) is 12.8 Å². The quantitative estimate of drug-likeness (QED) is 0.774. The summed E-state index contributed by atoms with van der Waals surface area (Å²) in [6, 6.07) is -0.441. The second kappa shape index (κ2) is 3.44. The van der Waals surface area contributed by atoms with E-state index >= 15 is 0 Å². The minimum Gasteiger partial charge on any atom is -0.492 e. The predicted molar refractivity (Wildman–Crippen MR) is 60.0 cm³/mol. The summed E-state index contributed by atoms with van der Waals surface area (Å²) < 4.78 is 0.528. The van der Waals surface area contributed by atoms with E-state index in [1.807, 2.05) is 0 Å². The molecule has 0 spiro atoms. The lowest BCUT2D eigenvalue weighted by Crippen LogP contribution is -2.16. The summed E-state index contributed by atoms with van der Waals surface area (Å²) in [5, 5.41) is 19.5. The van der Waals surface area contributed by atoms with Crippen molar-refractivity contribution >= 4 is 26.8 Å². The number of aromatic nitrogens is 3. The molecular formula is C9H10N4O2S. The molecule has 16 heavy (non-hydrogen) atoms. The first-order chi connectivity index (χ1) is 7.74.